The van der Waals surface area contributed by atoms with Gasteiger partial charge >= 0.3 is 0 Å². The summed E-state index contributed by atoms with van der Waals surface area (Å²) >= 11 is 0. The molecule has 0 unspecified atom stereocenters. The van der Waals surface area contributed by atoms with E-state index >= 15 is 0 Å². The second kappa shape index (κ2) is 8.12. The maximum absolute atomic E-state index is 12.9. The molecule has 8 heteroatoms. The molecule has 164 valence electrons. The van der Waals surface area contributed by atoms with Crippen molar-refractivity contribution in [2.75, 3.05) is 11.8 Å². The Morgan fingerprint density at radius 1 is 0.969 bits per heavy atom. The summed E-state index contributed by atoms with van der Waals surface area (Å²) in [5, 5.41) is 0.646. The highest BCUT2D eigenvalue weighted by Gasteiger charge is 2.18. The van der Waals surface area contributed by atoms with Gasteiger partial charge in [-0.05, 0) is 62.4 Å². The van der Waals surface area contributed by atoms with Gasteiger partial charge in [0.25, 0.3) is 15.6 Å². The largest absolute Gasteiger partial charge is 0.497 e. The first-order valence-electron chi connectivity index (χ1n) is 9.93. The second-order valence-electron chi connectivity index (χ2n) is 7.71. The maximum Gasteiger partial charge on any atom is 0.275 e. The van der Waals surface area contributed by atoms with Crippen molar-refractivity contribution in [3.63, 3.8) is 0 Å². The quantitative estimate of drug-likeness (QED) is 0.497. The van der Waals surface area contributed by atoms with Crippen LogP contribution in [0.2, 0.25) is 0 Å². The van der Waals surface area contributed by atoms with E-state index in [4.69, 9.17) is 4.74 Å². The lowest BCUT2D eigenvalue weighted by atomic mass is 10.0. The molecule has 2 aromatic carbocycles. The van der Waals surface area contributed by atoms with Crippen LogP contribution in [0, 0.1) is 13.8 Å². The van der Waals surface area contributed by atoms with Gasteiger partial charge in [-0.15, -0.1) is 0 Å². The van der Waals surface area contributed by atoms with Crippen LogP contribution in [0.15, 0.2) is 70.5 Å². The highest BCUT2D eigenvalue weighted by Crippen LogP contribution is 2.25. The summed E-state index contributed by atoms with van der Waals surface area (Å²) < 4.78 is 34.5. The Bertz CT molecular complexity index is 1470. The Hall–Kier alpha value is -3.65. The molecule has 0 aliphatic carbocycles. The van der Waals surface area contributed by atoms with Gasteiger partial charge in [-0.1, -0.05) is 17.2 Å². The molecule has 0 amide bonds. The zero-order valence-electron chi connectivity index (χ0n) is 18.2. The molecule has 4 rings (SSSR count). The molecular formula is C24H23N3O4S. The molecule has 0 atom stereocenters. The Morgan fingerprint density at radius 3 is 2.25 bits per heavy atom. The average Bonchev–Trinajstić information content (AvgIpc) is 2.76. The van der Waals surface area contributed by atoms with Crippen LogP contribution in [0.3, 0.4) is 0 Å². The minimum Gasteiger partial charge on any atom is -0.497 e. The van der Waals surface area contributed by atoms with Gasteiger partial charge in [0, 0.05) is 24.2 Å². The fourth-order valence-electron chi connectivity index (χ4n) is 3.68. The molecule has 2 heterocycles. The topological polar surface area (TPSA) is 90.3 Å². The molecule has 0 aliphatic heterocycles. The van der Waals surface area contributed by atoms with Crippen LogP contribution in [0.5, 0.6) is 5.75 Å². The summed E-state index contributed by atoms with van der Waals surface area (Å²) in [6.07, 6.45) is 1.65. The SMILES string of the molecule is COc1ccc(S(=O)(=O)Nc2cc3cnc(-c4cc(C)cc(C)c4)cc3n(C)c2=O)cc1. The molecule has 0 bridgehead atoms. The number of nitrogens with zero attached hydrogens (tertiary/aromatic N) is 2. The standard InChI is InChI=1S/C24H23N3O4S/c1-15-9-16(2)11-17(10-15)21-13-23-18(14-25-21)12-22(24(28)27(23)3)26-32(29,30)20-7-5-19(31-4)6-8-20/h5-14,26H,1-4H3. The minimum atomic E-state index is -3.95. The van der Waals surface area contributed by atoms with Crippen LogP contribution < -0.4 is 15.0 Å². The number of nitrogens with one attached hydrogen (secondary N) is 1. The van der Waals surface area contributed by atoms with E-state index < -0.39 is 15.6 Å². The first-order chi connectivity index (χ1) is 15.2. The van der Waals surface area contributed by atoms with E-state index in [0.717, 1.165) is 22.4 Å². The van der Waals surface area contributed by atoms with Gasteiger partial charge in [0.05, 0.1) is 23.2 Å². The van der Waals surface area contributed by atoms with Gasteiger partial charge in [0.2, 0.25) is 0 Å². The number of hydrogen-bond donors (Lipinski definition) is 1. The molecule has 0 radical (unpaired) electrons. The summed E-state index contributed by atoms with van der Waals surface area (Å²) in [7, 11) is -0.834. The van der Waals surface area contributed by atoms with E-state index in [9.17, 15) is 13.2 Å². The summed E-state index contributed by atoms with van der Waals surface area (Å²) in [5.74, 6) is 0.538. The van der Waals surface area contributed by atoms with Crippen molar-refractivity contribution in [3.05, 3.63) is 82.3 Å². The highest BCUT2D eigenvalue weighted by molar-refractivity contribution is 7.92. The Morgan fingerprint density at radius 2 is 1.62 bits per heavy atom. The van der Waals surface area contributed by atoms with Gasteiger partial charge in [0.1, 0.15) is 11.4 Å². The van der Waals surface area contributed by atoms with Crippen LogP contribution >= 0.6 is 0 Å². The summed E-state index contributed by atoms with van der Waals surface area (Å²) in [6, 6.07) is 15.4. The third-order valence-electron chi connectivity index (χ3n) is 5.24. The Labute approximate surface area is 186 Å². The second-order valence-corrected chi connectivity index (χ2v) is 9.39. The van der Waals surface area contributed by atoms with Crippen molar-refractivity contribution in [1.82, 2.24) is 9.55 Å². The zero-order valence-corrected chi connectivity index (χ0v) is 19.0. The number of methoxy groups -OCH3 is 1. The van der Waals surface area contributed by atoms with E-state index in [1.807, 2.05) is 32.0 Å². The van der Waals surface area contributed by atoms with Crippen molar-refractivity contribution < 1.29 is 13.2 Å². The van der Waals surface area contributed by atoms with Crippen molar-refractivity contribution >= 4 is 26.6 Å². The van der Waals surface area contributed by atoms with E-state index in [2.05, 4.69) is 15.8 Å². The molecule has 32 heavy (non-hydrogen) atoms. The summed E-state index contributed by atoms with van der Waals surface area (Å²) in [4.78, 5) is 17.5. The van der Waals surface area contributed by atoms with Gasteiger partial charge < -0.3 is 9.30 Å². The van der Waals surface area contributed by atoms with Crippen LogP contribution in [-0.4, -0.2) is 25.1 Å². The van der Waals surface area contributed by atoms with Crippen molar-refractivity contribution in [1.29, 1.82) is 0 Å². The normalized spacial score (nSPS) is 11.5. The monoisotopic (exact) mass is 449 g/mol. The van der Waals surface area contributed by atoms with Crippen molar-refractivity contribution in [3.8, 4) is 17.0 Å². The third-order valence-corrected chi connectivity index (χ3v) is 6.62. The maximum atomic E-state index is 12.9. The predicted molar refractivity (Wildman–Crippen MR) is 126 cm³/mol. The van der Waals surface area contributed by atoms with Gasteiger partial charge in [0.15, 0.2) is 0 Å². The van der Waals surface area contributed by atoms with Gasteiger partial charge in [-0.3, -0.25) is 14.5 Å². The molecular weight excluding hydrogens is 426 g/mol. The molecule has 4 aromatic rings. The predicted octanol–water partition coefficient (Wildman–Crippen LogP) is 4.03. The van der Waals surface area contributed by atoms with E-state index in [-0.39, 0.29) is 10.6 Å². The smallest absolute Gasteiger partial charge is 0.275 e. The number of fused-ring (bicyclic) bond motifs is 1. The molecule has 2 aromatic heterocycles. The highest BCUT2D eigenvalue weighted by atomic mass is 32.2. The molecule has 0 saturated heterocycles. The number of pyridine rings is 2. The molecule has 0 saturated carbocycles. The fraction of sp³-hybridized carbons (Fsp3) is 0.167. The Balaban J connectivity index is 1.75. The van der Waals surface area contributed by atoms with Crippen molar-refractivity contribution in [2.24, 2.45) is 7.05 Å². The van der Waals surface area contributed by atoms with E-state index in [1.54, 1.807) is 25.4 Å². The fourth-order valence-corrected chi connectivity index (χ4v) is 4.72. The average molecular weight is 450 g/mol. The van der Waals surface area contributed by atoms with Crippen LogP contribution in [0.4, 0.5) is 5.69 Å². The lowest BCUT2D eigenvalue weighted by molar-refractivity contribution is 0.414. The number of rotatable bonds is 5. The molecule has 0 fully saturated rings. The summed E-state index contributed by atoms with van der Waals surface area (Å²) in [5.41, 5.74) is 4.11. The zero-order chi connectivity index (χ0) is 23.0. The molecule has 0 aliphatic rings. The third kappa shape index (κ3) is 4.09. The molecule has 1 N–H and O–H groups in total. The van der Waals surface area contributed by atoms with Crippen molar-refractivity contribution in [2.45, 2.75) is 18.7 Å². The molecule has 0 spiro atoms. The first kappa shape index (κ1) is 21.6. The van der Waals surface area contributed by atoms with E-state index in [1.165, 1.54) is 29.9 Å². The first-order valence-corrected chi connectivity index (χ1v) is 11.4. The number of sulfonamides is 1. The van der Waals surface area contributed by atoms with Crippen LogP contribution in [0.25, 0.3) is 22.2 Å². The number of benzene rings is 2. The number of anilines is 1. The number of ether oxygens (including phenoxy) is 1. The Kier molecular flexibility index (Phi) is 5.48. The number of hydrogen-bond acceptors (Lipinski definition) is 5. The van der Waals surface area contributed by atoms with Crippen LogP contribution in [0.1, 0.15) is 11.1 Å². The lowest BCUT2D eigenvalue weighted by Crippen LogP contribution is -2.24. The van der Waals surface area contributed by atoms with E-state index in [0.29, 0.717) is 16.7 Å². The number of aromatic nitrogens is 2. The van der Waals surface area contributed by atoms with Gasteiger partial charge in [-0.25, -0.2) is 8.42 Å². The lowest BCUT2D eigenvalue weighted by Gasteiger charge is -2.13. The summed E-state index contributed by atoms with van der Waals surface area (Å²) in [6.45, 7) is 4.04. The molecule has 7 nitrogen and oxygen atoms in total. The van der Waals surface area contributed by atoms with Gasteiger partial charge in [-0.2, -0.15) is 0 Å². The number of aryl methyl sites for hydroxylation is 3. The minimum absolute atomic E-state index is 0.0312. The van der Waals surface area contributed by atoms with Crippen LogP contribution in [-0.2, 0) is 17.1 Å².